The van der Waals surface area contributed by atoms with E-state index < -0.39 is 6.10 Å². The van der Waals surface area contributed by atoms with Crippen molar-refractivity contribution in [2.45, 2.75) is 13.0 Å². The molecule has 1 heterocycles. The minimum absolute atomic E-state index is 0.553. The van der Waals surface area contributed by atoms with Crippen LogP contribution in [0.4, 0.5) is 0 Å². The van der Waals surface area contributed by atoms with Gasteiger partial charge >= 0.3 is 0 Å². The van der Waals surface area contributed by atoms with E-state index in [0.717, 1.165) is 5.01 Å². The number of hydrogen-bond acceptors (Lipinski definition) is 5. The molecule has 0 bridgehead atoms. The molecule has 6 heteroatoms. The minimum Gasteiger partial charge on any atom is -0.495 e. The third-order valence-corrected chi connectivity index (χ3v) is 4.27. The van der Waals surface area contributed by atoms with Gasteiger partial charge in [0.15, 0.2) is 0 Å². The summed E-state index contributed by atoms with van der Waals surface area (Å²) in [7, 11) is 3.14. The maximum absolute atomic E-state index is 10.4. The van der Waals surface area contributed by atoms with Crippen LogP contribution in [0.25, 0.3) is 0 Å². The van der Waals surface area contributed by atoms with Crippen LogP contribution in [0.2, 0.25) is 0 Å². The van der Waals surface area contributed by atoms with Gasteiger partial charge < -0.3 is 14.6 Å². The molecular weight excluding hydrogens is 330 g/mol. The topological polar surface area (TPSA) is 51.6 Å². The second kappa shape index (κ2) is 5.90. The maximum atomic E-state index is 10.4. The first-order chi connectivity index (χ1) is 9.08. The van der Waals surface area contributed by atoms with Crippen molar-refractivity contribution in [1.82, 2.24) is 4.98 Å². The Hall–Kier alpha value is -1.11. The standard InChI is InChI=1S/C13H14BrNO3S/c1-7-15-9(6-19-7)12(16)8-4-5-10(17-2)11(14)13(8)18-3/h4-6,12,16H,1-3H3. The third-order valence-electron chi connectivity index (χ3n) is 2.73. The average Bonchev–Trinajstić information content (AvgIpc) is 2.84. The van der Waals surface area contributed by atoms with E-state index in [1.807, 2.05) is 12.3 Å². The maximum Gasteiger partial charge on any atom is 0.143 e. The zero-order valence-electron chi connectivity index (χ0n) is 10.8. The van der Waals surface area contributed by atoms with Gasteiger partial charge in [-0.2, -0.15) is 0 Å². The van der Waals surface area contributed by atoms with E-state index in [1.54, 1.807) is 26.4 Å². The van der Waals surface area contributed by atoms with Crippen molar-refractivity contribution < 1.29 is 14.6 Å². The third kappa shape index (κ3) is 2.75. The molecule has 1 aromatic carbocycles. The number of aliphatic hydroxyl groups is 1. The van der Waals surface area contributed by atoms with Crippen molar-refractivity contribution in [3.63, 3.8) is 0 Å². The quantitative estimate of drug-likeness (QED) is 0.925. The SMILES string of the molecule is COc1ccc(C(O)c2csc(C)n2)c(OC)c1Br. The molecule has 1 N–H and O–H groups in total. The number of methoxy groups -OCH3 is 2. The average molecular weight is 344 g/mol. The molecule has 0 aliphatic rings. The molecular formula is C13H14BrNO3S. The van der Waals surface area contributed by atoms with E-state index in [4.69, 9.17) is 9.47 Å². The minimum atomic E-state index is -0.817. The van der Waals surface area contributed by atoms with Gasteiger partial charge in [0.1, 0.15) is 22.1 Å². The second-order valence-corrected chi connectivity index (χ2v) is 5.75. The van der Waals surface area contributed by atoms with Crippen LogP contribution in [0, 0.1) is 6.92 Å². The number of thiazole rings is 1. The van der Waals surface area contributed by atoms with E-state index in [-0.39, 0.29) is 0 Å². The fourth-order valence-electron chi connectivity index (χ4n) is 1.80. The zero-order valence-corrected chi connectivity index (χ0v) is 13.2. The van der Waals surface area contributed by atoms with Gasteiger partial charge in [-0.05, 0) is 35.0 Å². The molecule has 4 nitrogen and oxygen atoms in total. The van der Waals surface area contributed by atoms with E-state index >= 15 is 0 Å². The summed E-state index contributed by atoms with van der Waals surface area (Å²) in [6.07, 6.45) is -0.817. The summed E-state index contributed by atoms with van der Waals surface area (Å²) in [5.41, 5.74) is 1.28. The Labute approximate surface area is 124 Å². The lowest BCUT2D eigenvalue weighted by Crippen LogP contribution is -2.04. The highest BCUT2D eigenvalue weighted by atomic mass is 79.9. The molecule has 0 saturated carbocycles. The summed E-state index contributed by atoms with van der Waals surface area (Å²) in [6, 6.07) is 3.56. The Balaban J connectivity index is 2.47. The first-order valence-electron chi connectivity index (χ1n) is 5.59. The molecule has 0 fully saturated rings. The molecule has 1 unspecified atom stereocenters. The van der Waals surface area contributed by atoms with Crippen molar-refractivity contribution in [1.29, 1.82) is 0 Å². The molecule has 0 saturated heterocycles. The Morgan fingerprint density at radius 1 is 1.32 bits per heavy atom. The van der Waals surface area contributed by atoms with Crippen molar-refractivity contribution in [2.75, 3.05) is 14.2 Å². The number of ether oxygens (including phenoxy) is 2. The lowest BCUT2D eigenvalue weighted by atomic mass is 10.1. The molecule has 0 aliphatic heterocycles. The van der Waals surface area contributed by atoms with E-state index in [9.17, 15) is 5.11 Å². The molecule has 0 aliphatic carbocycles. The van der Waals surface area contributed by atoms with Gasteiger partial charge in [-0.3, -0.25) is 0 Å². The summed E-state index contributed by atoms with van der Waals surface area (Å²) >= 11 is 4.92. The van der Waals surface area contributed by atoms with Crippen LogP contribution in [0.3, 0.4) is 0 Å². The number of aliphatic hydroxyl groups excluding tert-OH is 1. The van der Waals surface area contributed by atoms with Crippen LogP contribution in [0.5, 0.6) is 11.5 Å². The normalized spacial score (nSPS) is 12.3. The highest BCUT2D eigenvalue weighted by molar-refractivity contribution is 9.10. The molecule has 2 aromatic rings. The van der Waals surface area contributed by atoms with E-state index in [0.29, 0.717) is 27.2 Å². The Bertz CT molecular complexity index is 585. The molecule has 0 spiro atoms. The first-order valence-corrected chi connectivity index (χ1v) is 7.26. The lowest BCUT2D eigenvalue weighted by Gasteiger charge is -2.16. The molecule has 1 atom stereocenters. The summed E-state index contributed by atoms with van der Waals surface area (Å²) in [6.45, 7) is 1.90. The number of benzene rings is 1. The molecule has 19 heavy (non-hydrogen) atoms. The highest BCUT2D eigenvalue weighted by Gasteiger charge is 2.21. The largest absolute Gasteiger partial charge is 0.495 e. The van der Waals surface area contributed by atoms with Crippen LogP contribution in [-0.2, 0) is 0 Å². The zero-order chi connectivity index (χ0) is 14.0. The fraction of sp³-hybridized carbons (Fsp3) is 0.308. The smallest absolute Gasteiger partial charge is 0.143 e. The molecule has 2 rings (SSSR count). The number of nitrogens with zero attached hydrogens (tertiary/aromatic N) is 1. The first kappa shape index (κ1) is 14.3. The van der Waals surface area contributed by atoms with Crippen molar-refractivity contribution in [2.24, 2.45) is 0 Å². The summed E-state index contributed by atoms with van der Waals surface area (Å²) in [4.78, 5) is 4.30. The Morgan fingerprint density at radius 2 is 2.05 bits per heavy atom. The number of hydrogen-bond donors (Lipinski definition) is 1. The van der Waals surface area contributed by atoms with Crippen LogP contribution >= 0.6 is 27.3 Å². The summed E-state index contributed by atoms with van der Waals surface area (Å²) in [5, 5.41) is 13.2. The van der Waals surface area contributed by atoms with Crippen molar-refractivity contribution >= 4 is 27.3 Å². The van der Waals surface area contributed by atoms with Crippen LogP contribution in [0.15, 0.2) is 22.0 Å². The van der Waals surface area contributed by atoms with Crippen molar-refractivity contribution in [3.05, 3.63) is 38.3 Å². The molecule has 1 aromatic heterocycles. The molecule has 0 amide bonds. The number of aryl methyl sites for hydroxylation is 1. The Morgan fingerprint density at radius 3 is 2.58 bits per heavy atom. The lowest BCUT2D eigenvalue weighted by molar-refractivity contribution is 0.210. The van der Waals surface area contributed by atoms with Gasteiger partial charge in [-0.1, -0.05) is 0 Å². The molecule has 0 radical (unpaired) electrons. The van der Waals surface area contributed by atoms with Gasteiger partial charge in [0.25, 0.3) is 0 Å². The van der Waals surface area contributed by atoms with Gasteiger partial charge in [-0.25, -0.2) is 4.98 Å². The van der Waals surface area contributed by atoms with E-state index in [2.05, 4.69) is 20.9 Å². The molecule has 102 valence electrons. The van der Waals surface area contributed by atoms with Crippen LogP contribution < -0.4 is 9.47 Å². The van der Waals surface area contributed by atoms with Crippen molar-refractivity contribution in [3.8, 4) is 11.5 Å². The highest BCUT2D eigenvalue weighted by Crippen LogP contribution is 2.41. The van der Waals surface area contributed by atoms with Gasteiger partial charge in [-0.15, -0.1) is 11.3 Å². The monoisotopic (exact) mass is 343 g/mol. The number of aromatic nitrogens is 1. The van der Waals surface area contributed by atoms with Gasteiger partial charge in [0.05, 0.1) is 24.9 Å². The summed E-state index contributed by atoms with van der Waals surface area (Å²) < 4.78 is 11.2. The number of rotatable bonds is 4. The summed E-state index contributed by atoms with van der Waals surface area (Å²) in [5.74, 6) is 1.21. The van der Waals surface area contributed by atoms with E-state index in [1.165, 1.54) is 11.3 Å². The van der Waals surface area contributed by atoms with Crippen LogP contribution in [0.1, 0.15) is 22.4 Å². The predicted molar refractivity (Wildman–Crippen MR) is 78.2 cm³/mol. The number of halogens is 1. The van der Waals surface area contributed by atoms with Gasteiger partial charge in [0, 0.05) is 10.9 Å². The fourth-order valence-corrected chi connectivity index (χ4v) is 3.11. The predicted octanol–water partition coefficient (Wildman–Crippen LogP) is 3.31. The van der Waals surface area contributed by atoms with Gasteiger partial charge in [0.2, 0.25) is 0 Å². The second-order valence-electron chi connectivity index (χ2n) is 3.90. The Kier molecular flexibility index (Phi) is 4.44. The van der Waals surface area contributed by atoms with Crippen LogP contribution in [-0.4, -0.2) is 24.3 Å².